The van der Waals surface area contributed by atoms with E-state index >= 15 is 0 Å². The first kappa shape index (κ1) is 14.8. The van der Waals surface area contributed by atoms with E-state index < -0.39 is 5.91 Å². The number of esters is 1. The number of primary amides is 1. The lowest BCUT2D eigenvalue weighted by Crippen LogP contribution is -2.41. The zero-order chi connectivity index (χ0) is 14.7. The lowest BCUT2D eigenvalue weighted by Gasteiger charge is -2.33. The minimum Gasteiger partial charge on any atom is -0.466 e. The monoisotopic (exact) mass is 282 g/mol. The van der Waals surface area contributed by atoms with Gasteiger partial charge in [-0.15, -0.1) is 0 Å². The summed E-state index contributed by atoms with van der Waals surface area (Å²) in [5.41, 5.74) is 5.27. The van der Waals surface area contributed by atoms with Gasteiger partial charge >= 0.3 is 5.97 Å². The second kappa shape index (κ2) is 6.24. The number of likely N-dealkylation sites (tertiary alicyclic amines) is 1. The summed E-state index contributed by atoms with van der Waals surface area (Å²) in [6.07, 6.45) is 3.30. The molecule has 1 unspecified atom stereocenters. The van der Waals surface area contributed by atoms with Crippen LogP contribution in [0.1, 0.15) is 39.0 Å². The van der Waals surface area contributed by atoms with Crippen LogP contribution in [-0.4, -0.2) is 41.9 Å². The zero-order valence-electron chi connectivity index (χ0n) is 11.8. The molecule has 1 saturated carbocycles. The molecular weight excluding hydrogens is 260 g/mol. The van der Waals surface area contributed by atoms with Crippen molar-refractivity contribution >= 4 is 17.8 Å². The van der Waals surface area contributed by atoms with Crippen molar-refractivity contribution in [2.24, 2.45) is 17.6 Å². The summed E-state index contributed by atoms with van der Waals surface area (Å²) in [6, 6.07) is 0.137. The fourth-order valence-electron chi connectivity index (χ4n) is 3.16. The molecule has 1 atom stereocenters. The Labute approximate surface area is 118 Å². The first-order chi connectivity index (χ1) is 9.52. The van der Waals surface area contributed by atoms with Gasteiger partial charge in [-0.1, -0.05) is 0 Å². The van der Waals surface area contributed by atoms with Crippen molar-refractivity contribution in [1.82, 2.24) is 4.90 Å². The molecule has 6 nitrogen and oxygen atoms in total. The van der Waals surface area contributed by atoms with Gasteiger partial charge in [0.15, 0.2) is 0 Å². The molecule has 20 heavy (non-hydrogen) atoms. The number of rotatable bonds is 4. The average Bonchev–Trinajstić information content (AvgIpc) is 2.81. The number of carbonyl (C=O) groups excluding carboxylic acids is 3. The smallest absolute Gasteiger partial charge is 0.308 e. The molecule has 1 aliphatic heterocycles. The molecule has 1 saturated heterocycles. The van der Waals surface area contributed by atoms with Gasteiger partial charge in [0, 0.05) is 19.0 Å². The quantitative estimate of drug-likeness (QED) is 0.758. The van der Waals surface area contributed by atoms with Gasteiger partial charge in [-0.25, -0.2) is 0 Å². The number of carbonyl (C=O) groups is 3. The second-order valence-corrected chi connectivity index (χ2v) is 5.61. The molecule has 2 amide bonds. The Morgan fingerprint density at radius 2 is 1.90 bits per heavy atom. The first-order valence-electron chi connectivity index (χ1n) is 7.28. The largest absolute Gasteiger partial charge is 0.466 e. The Bertz CT molecular complexity index is 402. The third-order valence-corrected chi connectivity index (χ3v) is 4.32. The van der Waals surface area contributed by atoms with Crippen molar-refractivity contribution in [1.29, 1.82) is 0 Å². The van der Waals surface area contributed by atoms with Gasteiger partial charge in [0.2, 0.25) is 11.8 Å². The lowest BCUT2D eigenvalue weighted by molar-refractivity contribution is -0.149. The minimum absolute atomic E-state index is 0.00776. The second-order valence-electron chi connectivity index (χ2n) is 5.61. The van der Waals surface area contributed by atoms with E-state index in [4.69, 9.17) is 10.5 Å². The van der Waals surface area contributed by atoms with Crippen molar-refractivity contribution < 1.29 is 19.1 Å². The van der Waals surface area contributed by atoms with E-state index in [1.54, 1.807) is 11.8 Å². The summed E-state index contributed by atoms with van der Waals surface area (Å²) in [5.74, 6) is -0.927. The summed E-state index contributed by atoms with van der Waals surface area (Å²) in [5, 5.41) is 0. The number of amides is 2. The molecule has 6 heteroatoms. The van der Waals surface area contributed by atoms with Crippen LogP contribution in [-0.2, 0) is 19.1 Å². The lowest BCUT2D eigenvalue weighted by atomic mass is 9.85. The molecule has 0 aromatic carbocycles. The summed E-state index contributed by atoms with van der Waals surface area (Å²) in [6.45, 7) is 2.64. The summed E-state index contributed by atoms with van der Waals surface area (Å²) in [4.78, 5) is 36.5. The van der Waals surface area contributed by atoms with E-state index in [0.717, 1.165) is 25.7 Å². The molecule has 2 N–H and O–H groups in total. The fourth-order valence-corrected chi connectivity index (χ4v) is 3.16. The van der Waals surface area contributed by atoms with Crippen molar-refractivity contribution in [3.05, 3.63) is 0 Å². The Morgan fingerprint density at radius 1 is 1.25 bits per heavy atom. The van der Waals surface area contributed by atoms with Crippen LogP contribution in [0.2, 0.25) is 0 Å². The van der Waals surface area contributed by atoms with Gasteiger partial charge < -0.3 is 15.4 Å². The summed E-state index contributed by atoms with van der Waals surface area (Å²) >= 11 is 0. The Morgan fingerprint density at radius 3 is 2.40 bits per heavy atom. The molecule has 0 aromatic rings. The Kier molecular flexibility index (Phi) is 4.62. The van der Waals surface area contributed by atoms with Crippen molar-refractivity contribution in [2.45, 2.75) is 45.1 Å². The third kappa shape index (κ3) is 3.11. The van der Waals surface area contributed by atoms with Crippen molar-refractivity contribution in [3.63, 3.8) is 0 Å². The van der Waals surface area contributed by atoms with Crippen molar-refractivity contribution in [2.75, 3.05) is 13.2 Å². The highest BCUT2D eigenvalue weighted by Gasteiger charge is 2.39. The highest BCUT2D eigenvalue weighted by atomic mass is 16.5. The molecule has 2 rings (SSSR count). The number of hydrogen-bond donors (Lipinski definition) is 1. The van der Waals surface area contributed by atoms with E-state index in [1.807, 2.05) is 0 Å². The van der Waals surface area contributed by atoms with Crippen LogP contribution in [0.25, 0.3) is 0 Å². The van der Waals surface area contributed by atoms with Crippen LogP contribution in [0, 0.1) is 11.8 Å². The van der Waals surface area contributed by atoms with Gasteiger partial charge in [0.25, 0.3) is 0 Å². The maximum Gasteiger partial charge on any atom is 0.308 e. The molecule has 0 bridgehead atoms. The summed E-state index contributed by atoms with van der Waals surface area (Å²) < 4.78 is 5.03. The highest BCUT2D eigenvalue weighted by Crippen LogP contribution is 2.32. The van der Waals surface area contributed by atoms with Gasteiger partial charge in [-0.2, -0.15) is 0 Å². The molecule has 112 valence electrons. The van der Waals surface area contributed by atoms with Gasteiger partial charge in [-0.3, -0.25) is 14.4 Å². The number of hydrogen-bond acceptors (Lipinski definition) is 4. The molecule has 2 aliphatic rings. The van der Waals surface area contributed by atoms with Gasteiger partial charge in [0.1, 0.15) is 0 Å². The average molecular weight is 282 g/mol. The topological polar surface area (TPSA) is 89.7 Å². The van der Waals surface area contributed by atoms with Crippen LogP contribution >= 0.6 is 0 Å². The van der Waals surface area contributed by atoms with Gasteiger partial charge in [0.05, 0.1) is 18.4 Å². The maximum absolute atomic E-state index is 11.9. The predicted octanol–water partition coefficient (Wildman–Crippen LogP) is 0.442. The molecule has 1 heterocycles. The van der Waals surface area contributed by atoms with Crippen LogP contribution < -0.4 is 5.73 Å². The Hall–Kier alpha value is -1.59. The fraction of sp³-hybridized carbons (Fsp3) is 0.786. The van der Waals surface area contributed by atoms with Gasteiger partial charge in [-0.05, 0) is 32.6 Å². The van der Waals surface area contributed by atoms with Crippen LogP contribution in [0.3, 0.4) is 0 Å². The third-order valence-electron chi connectivity index (χ3n) is 4.32. The van der Waals surface area contributed by atoms with E-state index in [9.17, 15) is 14.4 Å². The predicted molar refractivity (Wildman–Crippen MR) is 71.4 cm³/mol. The summed E-state index contributed by atoms with van der Waals surface area (Å²) in [7, 11) is 0. The van der Waals surface area contributed by atoms with E-state index in [0.29, 0.717) is 13.2 Å². The molecule has 1 aliphatic carbocycles. The number of ether oxygens (including phenoxy) is 1. The van der Waals surface area contributed by atoms with Crippen LogP contribution in [0.15, 0.2) is 0 Å². The van der Waals surface area contributed by atoms with E-state index in [2.05, 4.69) is 0 Å². The molecular formula is C14H22N2O4. The zero-order valence-corrected chi connectivity index (χ0v) is 11.8. The van der Waals surface area contributed by atoms with E-state index in [1.165, 1.54) is 0 Å². The first-order valence-corrected chi connectivity index (χ1v) is 7.28. The molecule has 0 radical (unpaired) electrons. The standard InChI is InChI=1S/C14H22N2O4/c1-2-20-14(19)9-3-5-11(6-4-9)16-8-10(13(15)18)7-12(16)17/h9-11H,2-8H2,1H3,(H2,15,18). The Balaban J connectivity index is 1.86. The highest BCUT2D eigenvalue weighted by molar-refractivity contribution is 5.88. The molecule has 0 aromatic heterocycles. The SMILES string of the molecule is CCOC(=O)C1CCC(N2CC(C(N)=O)CC2=O)CC1. The maximum atomic E-state index is 11.9. The number of nitrogens with zero attached hydrogens (tertiary/aromatic N) is 1. The normalized spacial score (nSPS) is 30.4. The van der Waals surface area contributed by atoms with E-state index in [-0.39, 0.29) is 36.2 Å². The van der Waals surface area contributed by atoms with Crippen LogP contribution in [0.5, 0.6) is 0 Å². The minimum atomic E-state index is -0.402. The molecule has 0 spiro atoms. The number of nitrogens with two attached hydrogens (primary N) is 1. The van der Waals surface area contributed by atoms with Crippen LogP contribution in [0.4, 0.5) is 0 Å². The molecule has 2 fully saturated rings. The van der Waals surface area contributed by atoms with Crippen molar-refractivity contribution in [3.8, 4) is 0 Å².